The van der Waals surface area contributed by atoms with Gasteiger partial charge in [0.05, 0.1) is 24.5 Å². The molecule has 0 bridgehead atoms. The molecule has 0 radical (unpaired) electrons. The van der Waals surface area contributed by atoms with Gasteiger partial charge in [-0.2, -0.15) is 0 Å². The zero-order valence-corrected chi connectivity index (χ0v) is 13.5. The lowest BCUT2D eigenvalue weighted by molar-refractivity contribution is -0.140. The van der Waals surface area contributed by atoms with E-state index in [4.69, 9.17) is 0 Å². The second-order valence-electron chi connectivity index (χ2n) is 5.59. The maximum Gasteiger partial charge on any atom is 0.306 e. The second-order valence-corrected chi connectivity index (χ2v) is 7.93. The predicted molar refractivity (Wildman–Crippen MR) is 79.3 cm³/mol. The van der Waals surface area contributed by atoms with Gasteiger partial charge in [0, 0.05) is 6.04 Å². The van der Waals surface area contributed by atoms with E-state index < -0.39 is 15.8 Å². The molecule has 20 heavy (non-hydrogen) atoms. The van der Waals surface area contributed by atoms with E-state index in [0.717, 1.165) is 25.7 Å². The standard InChI is InChI=1S/C14H27NO4S/c1-4-5-11-6-7-12(15-2)13(10-11)20(17,18)9-8-14(16)19-3/h11-13,15H,4-10H2,1-3H3. The van der Waals surface area contributed by atoms with Crippen molar-refractivity contribution in [3.05, 3.63) is 0 Å². The summed E-state index contributed by atoms with van der Waals surface area (Å²) >= 11 is 0. The Hall–Kier alpha value is -0.620. The number of hydrogen-bond donors (Lipinski definition) is 1. The van der Waals surface area contributed by atoms with Crippen LogP contribution in [0, 0.1) is 5.92 Å². The maximum atomic E-state index is 12.5. The van der Waals surface area contributed by atoms with Gasteiger partial charge in [-0.3, -0.25) is 4.79 Å². The van der Waals surface area contributed by atoms with E-state index in [1.165, 1.54) is 7.11 Å². The van der Waals surface area contributed by atoms with Crippen LogP contribution < -0.4 is 5.32 Å². The van der Waals surface area contributed by atoms with Gasteiger partial charge >= 0.3 is 5.97 Å². The first kappa shape index (κ1) is 17.4. The minimum absolute atomic E-state index is 0.00533. The van der Waals surface area contributed by atoms with Gasteiger partial charge in [-0.25, -0.2) is 8.42 Å². The highest BCUT2D eigenvalue weighted by molar-refractivity contribution is 7.92. The average molecular weight is 305 g/mol. The van der Waals surface area contributed by atoms with Crippen LogP contribution in [-0.4, -0.2) is 45.6 Å². The third kappa shape index (κ3) is 4.74. The molecular formula is C14H27NO4S. The Bertz CT molecular complexity index is 407. The minimum atomic E-state index is -3.26. The number of rotatable bonds is 7. The van der Waals surface area contributed by atoms with E-state index >= 15 is 0 Å². The first-order valence-electron chi connectivity index (χ1n) is 7.40. The molecule has 1 N–H and O–H groups in total. The number of nitrogens with one attached hydrogen (secondary N) is 1. The zero-order valence-electron chi connectivity index (χ0n) is 12.7. The molecule has 1 saturated carbocycles. The largest absolute Gasteiger partial charge is 0.469 e. The van der Waals surface area contributed by atoms with Crippen LogP contribution in [0.2, 0.25) is 0 Å². The van der Waals surface area contributed by atoms with Crippen molar-refractivity contribution in [2.45, 2.75) is 56.7 Å². The van der Waals surface area contributed by atoms with E-state index in [0.29, 0.717) is 12.3 Å². The summed E-state index contributed by atoms with van der Waals surface area (Å²) in [6.45, 7) is 2.13. The van der Waals surface area contributed by atoms with Gasteiger partial charge in [0.1, 0.15) is 0 Å². The zero-order chi connectivity index (χ0) is 15.2. The third-order valence-corrected chi connectivity index (χ3v) is 6.46. The normalized spacial score (nSPS) is 27.2. The number of sulfone groups is 1. The molecule has 0 spiro atoms. The van der Waals surface area contributed by atoms with Gasteiger partial charge in [-0.15, -0.1) is 0 Å². The van der Waals surface area contributed by atoms with Gasteiger partial charge in [-0.05, 0) is 32.2 Å². The van der Waals surface area contributed by atoms with Crippen LogP contribution in [0.5, 0.6) is 0 Å². The van der Waals surface area contributed by atoms with Crippen molar-refractivity contribution in [2.24, 2.45) is 5.92 Å². The Labute approximate surface area is 122 Å². The van der Waals surface area contributed by atoms with Crippen LogP contribution in [0.25, 0.3) is 0 Å². The highest BCUT2D eigenvalue weighted by atomic mass is 32.2. The highest BCUT2D eigenvalue weighted by Gasteiger charge is 2.37. The van der Waals surface area contributed by atoms with E-state index in [-0.39, 0.29) is 23.5 Å². The molecule has 1 aliphatic carbocycles. The second kappa shape index (κ2) is 7.98. The molecule has 0 aromatic rings. The summed E-state index contributed by atoms with van der Waals surface area (Å²) in [6, 6.07) is 0.00533. The highest BCUT2D eigenvalue weighted by Crippen LogP contribution is 2.32. The monoisotopic (exact) mass is 305 g/mol. The van der Waals surface area contributed by atoms with Crippen LogP contribution in [0.4, 0.5) is 0 Å². The van der Waals surface area contributed by atoms with E-state index in [1.807, 2.05) is 7.05 Å². The van der Waals surface area contributed by atoms with Gasteiger partial charge in [0.25, 0.3) is 0 Å². The molecular weight excluding hydrogens is 278 g/mol. The summed E-state index contributed by atoms with van der Waals surface area (Å²) in [6.07, 6.45) is 4.81. The molecule has 0 saturated heterocycles. The van der Waals surface area contributed by atoms with Crippen LogP contribution >= 0.6 is 0 Å². The first-order chi connectivity index (χ1) is 9.44. The van der Waals surface area contributed by atoms with Crippen molar-refractivity contribution < 1.29 is 17.9 Å². The minimum Gasteiger partial charge on any atom is -0.469 e. The number of esters is 1. The van der Waals surface area contributed by atoms with Crippen molar-refractivity contribution in [3.8, 4) is 0 Å². The summed E-state index contributed by atoms with van der Waals surface area (Å²) in [5, 5.41) is 2.76. The Kier molecular flexibility index (Phi) is 6.95. The fourth-order valence-electron chi connectivity index (χ4n) is 3.09. The van der Waals surface area contributed by atoms with E-state index in [2.05, 4.69) is 17.0 Å². The quantitative estimate of drug-likeness (QED) is 0.722. The van der Waals surface area contributed by atoms with Gasteiger partial charge in [-0.1, -0.05) is 19.8 Å². The molecule has 0 aromatic heterocycles. The number of methoxy groups -OCH3 is 1. The summed E-state index contributed by atoms with van der Waals surface area (Å²) in [4.78, 5) is 11.2. The molecule has 3 unspecified atom stereocenters. The lowest BCUT2D eigenvalue weighted by atomic mass is 9.83. The third-order valence-electron chi connectivity index (χ3n) is 4.25. The Morgan fingerprint density at radius 1 is 1.35 bits per heavy atom. The lowest BCUT2D eigenvalue weighted by Gasteiger charge is -2.35. The van der Waals surface area contributed by atoms with Gasteiger partial charge in [0.2, 0.25) is 0 Å². The first-order valence-corrected chi connectivity index (χ1v) is 9.11. The molecule has 0 aromatic carbocycles. The number of ether oxygens (including phenoxy) is 1. The topological polar surface area (TPSA) is 72.5 Å². The fraction of sp³-hybridized carbons (Fsp3) is 0.929. The molecule has 1 rings (SSSR count). The van der Waals surface area contributed by atoms with Gasteiger partial charge < -0.3 is 10.1 Å². The molecule has 0 aliphatic heterocycles. The van der Waals surface area contributed by atoms with Crippen molar-refractivity contribution in [3.63, 3.8) is 0 Å². The molecule has 118 valence electrons. The predicted octanol–water partition coefficient (Wildman–Crippen LogP) is 1.52. The molecule has 0 heterocycles. The molecule has 6 heteroatoms. The molecule has 5 nitrogen and oxygen atoms in total. The van der Waals surface area contributed by atoms with Gasteiger partial charge in [0.15, 0.2) is 9.84 Å². The van der Waals surface area contributed by atoms with Crippen molar-refractivity contribution >= 4 is 15.8 Å². The summed E-state index contributed by atoms with van der Waals surface area (Å²) in [7, 11) is -0.170. The number of hydrogen-bond acceptors (Lipinski definition) is 5. The Morgan fingerprint density at radius 2 is 2.05 bits per heavy atom. The summed E-state index contributed by atoms with van der Waals surface area (Å²) < 4.78 is 29.5. The Morgan fingerprint density at radius 3 is 2.60 bits per heavy atom. The Balaban J connectivity index is 2.73. The summed E-state index contributed by atoms with van der Waals surface area (Å²) in [5.41, 5.74) is 0. The average Bonchev–Trinajstić information content (AvgIpc) is 2.45. The maximum absolute atomic E-state index is 12.5. The van der Waals surface area contributed by atoms with E-state index in [9.17, 15) is 13.2 Å². The number of carbonyl (C=O) groups excluding carboxylic acids is 1. The molecule has 1 aliphatic rings. The molecule has 0 amide bonds. The SMILES string of the molecule is CCCC1CCC(NC)C(S(=O)(=O)CCC(=O)OC)C1. The lowest BCUT2D eigenvalue weighted by Crippen LogP contribution is -2.47. The smallest absolute Gasteiger partial charge is 0.306 e. The van der Waals surface area contributed by atoms with Crippen molar-refractivity contribution in [1.29, 1.82) is 0 Å². The van der Waals surface area contributed by atoms with Crippen LogP contribution in [0.15, 0.2) is 0 Å². The fourth-order valence-corrected chi connectivity index (χ4v) is 5.18. The summed E-state index contributed by atoms with van der Waals surface area (Å²) in [5.74, 6) is -0.0838. The van der Waals surface area contributed by atoms with Crippen molar-refractivity contribution in [2.75, 3.05) is 19.9 Å². The van der Waals surface area contributed by atoms with Crippen LogP contribution in [-0.2, 0) is 19.4 Å². The molecule has 3 atom stereocenters. The van der Waals surface area contributed by atoms with Crippen LogP contribution in [0.3, 0.4) is 0 Å². The van der Waals surface area contributed by atoms with Crippen LogP contribution in [0.1, 0.15) is 45.4 Å². The van der Waals surface area contributed by atoms with E-state index in [1.54, 1.807) is 0 Å². The number of carbonyl (C=O) groups is 1. The molecule has 1 fully saturated rings. The van der Waals surface area contributed by atoms with Crippen molar-refractivity contribution in [1.82, 2.24) is 5.32 Å².